The van der Waals surface area contributed by atoms with Gasteiger partial charge in [-0.25, -0.2) is 4.98 Å². The topological polar surface area (TPSA) is 79.0 Å². The van der Waals surface area contributed by atoms with E-state index >= 15 is 0 Å². The van der Waals surface area contributed by atoms with E-state index < -0.39 is 0 Å². The Balaban J connectivity index is 1.86. The number of imidazole rings is 1. The lowest BCUT2D eigenvalue weighted by molar-refractivity contribution is -0.115. The molecule has 0 aliphatic rings. The van der Waals surface area contributed by atoms with Crippen LogP contribution >= 0.6 is 0 Å². The minimum Gasteiger partial charge on any atom is -0.383 e. The first kappa shape index (κ1) is 12.5. The molecule has 1 heterocycles. The number of carbonyl (C=O) groups is 1. The molecule has 0 saturated heterocycles. The Morgan fingerprint density at radius 1 is 1.44 bits per heavy atom. The summed E-state index contributed by atoms with van der Waals surface area (Å²) in [5, 5.41) is 5.66. The average Bonchev–Trinajstić information content (AvgIpc) is 2.76. The van der Waals surface area contributed by atoms with E-state index in [4.69, 9.17) is 4.74 Å². The van der Waals surface area contributed by atoms with E-state index in [0.717, 1.165) is 11.0 Å². The highest BCUT2D eigenvalue weighted by Gasteiger charge is 2.05. The SMILES string of the molecule is COCCNCC(=O)Nc1nc2ccccc2[nH]1. The number of ether oxygens (including phenoxy) is 1. The number of anilines is 1. The Morgan fingerprint density at radius 3 is 3.06 bits per heavy atom. The van der Waals surface area contributed by atoms with Gasteiger partial charge < -0.3 is 15.0 Å². The zero-order chi connectivity index (χ0) is 12.8. The maximum absolute atomic E-state index is 11.6. The van der Waals surface area contributed by atoms with Crippen LogP contribution in [0.2, 0.25) is 0 Å². The third-order valence-corrected chi connectivity index (χ3v) is 2.42. The van der Waals surface area contributed by atoms with Crippen LogP contribution in [-0.4, -0.2) is 42.7 Å². The molecule has 1 aromatic heterocycles. The van der Waals surface area contributed by atoms with E-state index in [9.17, 15) is 4.79 Å². The lowest BCUT2D eigenvalue weighted by Gasteiger charge is -2.03. The fraction of sp³-hybridized carbons (Fsp3) is 0.333. The summed E-state index contributed by atoms with van der Waals surface area (Å²) >= 11 is 0. The second-order valence-corrected chi connectivity index (χ2v) is 3.82. The first-order chi connectivity index (χ1) is 8.79. The molecular formula is C12H16N4O2. The van der Waals surface area contributed by atoms with Crippen molar-refractivity contribution in [1.82, 2.24) is 15.3 Å². The lowest BCUT2D eigenvalue weighted by Crippen LogP contribution is -2.30. The van der Waals surface area contributed by atoms with E-state index in [1.807, 2.05) is 24.3 Å². The summed E-state index contributed by atoms with van der Waals surface area (Å²) in [6.45, 7) is 1.46. The molecule has 1 aromatic carbocycles. The smallest absolute Gasteiger partial charge is 0.240 e. The van der Waals surface area contributed by atoms with Crippen LogP contribution in [0.3, 0.4) is 0 Å². The third-order valence-electron chi connectivity index (χ3n) is 2.42. The molecule has 2 rings (SSSR count). The number of hydrogen-bond donors (Lipinski definition) is 3. The summed E-state index contributed by atoms with van der Waals surface area (Å²) in [6.07, 6.45) is 0. The van der Waals surface area contributed by atoms with Crippen LogP contribution in [0.4, 0.5) is 5.95 Å². The third kappa shape index (κ3) is 3.28. The minimum absolute atomic E-state index is 0.134. The second kappa shape index (κ2) is 6.13. The number of amides is 1. The van der Waals surface area contributed by atoms with E-state index in [0.29, 0.717) is 19.1 Å². The molecule has 3 N–H and O–H groups in total. The quantitative estimate of drug-likeness (QED) is 0.659. The Bertz CT molecular complexity index is 491. The number of nitrogens with zero attached hydrogens (tertiary/aromatic N) is 1. The Morgan fingerprint density at radius 2 is 2.28 bits per heavy atom. The maximum Gasteiger partial charge on any atom is 0.240 e. The number of benzene rings is 1. The van der Waals surface area contributed by atoms with Gasteiger partial charge in [-0.3, -0.25) is 10.1 Å². The van der Waals surface area contributed by atoms with Gasteiger partial charge in [0.1, 0.15) is 0 Å². The molecule has 0 aliphatic heterocycles. The summed E-state index contributed by atoms with van der Waals surface area (Å²) in [5.41, 5.74) is 1.74. The molecule has 0 bridgehead atoms. The Kier molecular flexibility index (Phi) is 4.27. The number of carbonyl (C=O) groups excluding carboxylic acids is 1. The predicted octanol–water partition coefficient (Wildman–Crippen LogP) is 0.737. The summed E-state index contributed by atoms with van der Waals surface area (Å²) in [7, 11) is 1.62. The first-order valence-corrected chi connectivity index (χ1v) is 5.74. The molecule has 0 fully saturated rings. The molecule has 0 radical (unpaired) electrons. The minimum atomic E-state index is -0.134. The number of hydrogen-bond acceptors (Lipinski definition) is 4. The number of aromatic amines is 1. The lowest BCUT2D eigenvalue weighted by atomic mass is 10.3. The highest BCUT2D eigenvalue weighted by Crippen LogP contribution is 2.12. The van der Waals surface area contributed by atoms with Crippen LogP contribution in [0.15, 0.2) is 24.3 Å². The van der Waals surface area contributed by atoms with Crippen LogP contribution in [0, 0.1) is 0 Å². The molecule has 2 aromatic rings. The number of para-hydroxylation sites is 2. The van der Waals surface area contributed by atoms with E-state index in [1.54, 1.807) is 7.11 Å². The van der Waals surface area contributed by atoms with Crippen molar-refractivity contribution in [2.45, 2.75) is 0 Å². The van der Waals surface area contributed by atoms with Gasteiger partial charge in [0.05, 0.1) is 24.2 Å². The zero-order valence-electron chi connectivity index (χ0n) is 10.2. The molecule has 6 heteroatoms. The molecule has 0 unspecified atom stereocenters. The molecule has 0 aliphatic carbocycles. The number of methoxy groups -OCH3 is 1. The number of nitrogens with one attached hydrogen (secondary N) is 3. The van der Waals surface area contributed by atoms with Crippen LogP contribution in [-0.2, 0) is 9.53 Å². The van der Waals surface area contributed by atoms with E-state index in [-0.39, 0.29) is 12.5 Å². The number of rotatable bonds is 6. The van der Waals surface area contributed by atoms with Gasteiger partial charge in [-0.15, -0.1) is 0 Å². The van der Waals surface area contributed by atoms with Crippen molar-refractivity contribution in [3.63, 3.8) is 0 Å². The standard InChI is InChI=1S/C12H16N4O2/c1-18-7-6-13-8-11(17)16-12-14-9-4-2-3-5-10(9)15-12/h2-5,13H,6-8H2,1H3,(H2,14,15,16,17). The fourth-order valence-electron chi connectivity index (χ4n) is 1.56. The van der Waals surface area contributed by atoms with E-state index in [2.05, 4.69) is 20.6 Å². The van der Waals surface area contributed by atoms with Gasteiger partial charge in [0, 0.05) is 13.7 Å². The second-order valence-electron chi connectivity index (χ2n) is 3.82. The van der Waals surface area contributed by atoms with Gasteiger partial charge in [-0.2, -0.15) is 0 Å². The molecular weight excluding hydrogens is 232 g/mol. The van der Waals surface area contributed by atoms with Crippen LogP contribution in [0.1, 0.15) is 0 Å². The van der Waals surface area contributed by atoms with Crippen molar-refractivity contribution in [2.24, 2.45) is 0 Å². The summed E-state index contributed by atoms with van der Waals surface area (Å²) in [6, 6.07) is 7.62. The number of H-pyrrole nitrogens is 1. The highest BCUT2D eigenvalue weighted by molar-refractivity contribution is 5.92. The Labute approximate surface area is 105 Å². The number of aromatic nitrogens is 2. The highest BCUT2D eigenvalue weighted by atomic mass is 16.5. The van der Waals surface area contributed by atoms with Gasteiger partial charge in [0.25, 0.3) is 0 Å². The largest absolute Gasteiger partial charge is 0.383 e. The van der Waals surface area contributed by atoms with Crippen LogP contribution in [0.5, 0.6) is 0 Å². The fourth-order valence-corrected chi connectivity index (χ4v) is 1.56. The van der Waals surface area contributed by atoms with E-state index in [1.165, 1.54) is 0 Å². The molecule has 1 amide bonds. The van der Waals surface area contributed by atoms with Gasteiger partial charge in [0.2, 0.25) is 11.9 Å². The normalized spacial score (nSPS) is 10.7. The average molecular weight is 248 g/mol. The summed E-state index contributed by atoms with van der Waals surface area (Å²) in [5.74, 6) is 0.333. The molecule has 6 nitrogen and oxygen atoms in total. The van der Waals surface area contributed by atoms with Crippen molar-refractivity contribution < 1.29 is 9.53 Å². The molecule has 0 saturated carbocycles. The molecule has 96 valence electrons. The summed E-state index contributed by atoms with van der Waals surface area (Å²) in [4.78, 5) is 18.9. The zero-order valence-corrected chi connectivity index (χ0v) is 10.2. The monoisotopic (exact) mass is 248 g/mol. The van der Waals surface area contributed by atoms with Crippen molar-refractivity contribution in [3.8, 4) is 0 Å². The van der Waals surface area contributed by atoms with Gasteiger partial charge >= 0.3 is 0 Å². The van der Waals surface area contributed by atoms with Gasteiger partial charge in [-0.1, -0.05) is 12.1 Å². The van der Waals surface area contributed by atoms with Crippen molar-refractivity contribution >= 4 is 22.9 Å². The van der Waals surface area contributed by atoms with Gasteiger partial charge in [-0.05, 0) is 12.1 Å². The van der Waals surface area contributed by atoms with Crippen LogP contribution < -0.4 is 10.6 Å². The van der Waals surface area contributed by atoms with Gasteiger partial charge in [0.15, 0.2) is 0 Å². The van der Waals surface area contributed by atoms with Crippen LogP contribution in [0.25, 0.3) is 11.0 Å². The first-order valence-electron chi connectivity index (χ1n) is 5.74. The summed E-state index contributed by atoms with van der Waals surface area (Å²) < 4.78 is 4.87. The molecule has 18 heavy (non-hydrogen) atoms. The molecule has 0 atom stereocenters. The van der Waals surface area contributed by atoms with Crippen molar-refractivity contribution in [2.75, 3.05) is 32.1 Å². The number of fused-ring (bicyclic) bond motifs is 1. The molecule has 0 spiro atoms. The Hall–Kier alpha value is -1.92. The van der Waals surface area contributed by atoms with Crippen molar-refractivity contribution in [1.29, 1.82) is 0 Å². The predicted molar refractivity (Wildman–Crippen MR) is 69.5 cm³/mol. The maximum atomic E-state index is 11.6. The van der Waals surface area contributed by atoms with Crippen molar-refractivity contribution in [3.05, 3.63) is 24.3 Å².